The van der Waals surface area contributed by atoms with Crippen molar-refractivity contribution in [2.45, 2.75) is 25.2 Å². The summed E-state index contributed by atoms with van der Waals surface area (Å²) in [4.78, 5) is 21.6. The van der Waals surface area contributed by atoms with Gasteiger partial charge in [0, 0.05) is 43.4 Å². The lowest BCUT2D eigenvalue weighted by Crippen LogP contribution is -2.47. The van der Waals surface area contributed by atoms with E-state index in [0.29, 0.717) is 50.8 Å². The Hall–Kier alpha value is -2.31. The first kappa shape index (κ1) is 20.0. The maximum absolute atomic E-state index is 14.0. The predicted molar refractivity (Wildman–Crippen MR) is 109 cm³/mol. The Balaban J connectivity index is 1.39. The van der Waals surface area contributed by atoms with Crippen LogP contribution in [0.25, 0.3) is 0 Å². The van der Waals surface area contributed by atoms with Crippen molar-refractivity contribution in [2.75, 3.05) is 45.9 Å². The minimum atomic E-state index is -0.190. The van der Waals surface area contributed by atoms with Crippen LogP contribution in [0.2, 0.25) is 0 Å². The Morgan fingerprint density at radius 3 is 2.76 bits per heavy atom. The highest BCUT2D eigenvalue weighted by Gasteiger charge is 2.26. The molecule has 1 aromatic carbocycles. The van der Waals surface area contributed by atoms with Crippen LogP contribution in [-0.4, -0.2) is 66.6 Å². The number of nitrogens with zero attached hydrogens (tertiary/aromatic N) is 3. The molecule has 0 aliphatic carbocycles. The van der Waals surface area contributed by atoms with E-state index in [1.54, 1.807) is 6.07 Å². The highest BCUT2D eigenvalue weighted by atomic mass is 19.1. The maximum Gasteiger partial charge on any atom is 0.236 e. The van der Waals surface area contributed by atoms with E-state index in [-0.39, 0.29) is 11.7 Å². The van der Waals surface area contributed by atoms with E-state index in [1.807, 2.05) is 29.2 Å². The van der Waals surface area contributed by atoms with Gasteiger partial charge in [0.2, 0.25) is 5.91 Å². The van der Waals surface area contributed by atoms with Gasteiger partial charge in [-0.05, 0) is 43.1 Å². The molecule has 0 N–H and O–H groups in total. The van der Waals surface area contributed by atoms with E-state index >= 15 is 0 Å². The third-order valence-electron chi connectivity index (χ3n) is 5.80. The van der Waals surface area contributed by atoms with Gasteiger partial charge < -0.3 is 9.64 Å². The van der Waals surface area contributed by atoms with Crippen molar-refractivity contribution in [2.24, 2.45) is 0 Å². The summed E-state index contributed by atoms with van der Waals surface area (Å²) in [6, 6.07) is 12.9. The molecule has 1 aromatic heterocycles. The number of carbonyl (C=O) groups excluding carboxylic acids is 1. The summed E-state index contributed by atoms with van der Waals surface area (Å²) in [5, 5.41) is 0. The standard InChI is InChI=1S/C23H28FN3O2/c24-21-8-2-1-5-18(21)15-20-7-3-9-22(25-20)19-6-4-10-26(16-19)17-23(28)27-11-13-29-14-12-27/h1-3,5,7-9,19H,4,6,10-17H2/t19-/m0/s1. The Kier molecular flexibility index (Phi) is 6.52. The summed E-state index contributed by atoms with van der Waals surface area (Å²) in [7, 11) is 0. The molecule has 0 bridgehead atoms. The molecule has 3 heterocycles. The van der Waals surface area contributed by atoms with E-state index < -0.39 is 0 Å². The lowest BCUT2D eigenvalue weighted by Gasteiger charge is -2.34. The number of morpholine rings is 1. The first-order chi connectivity index (χ1) is 14.2. The number of piperidine rings is 1. The number of carbonyl (C=O) groups is 1. The van der Waals surface area contributed by atoms with Crippen LogP contribution in [-0.2, 0) is 16.0 Å². The SMILES string of the molecule is O=C(CN1CCC[C@H](c2cccc(Cc3ccccc3F)n2)C1)N1CCOCC1. The molecule has 2 aliphatic heterocycles. The molecule has 0 radical (unpaired) electrons. The minimum Gasteiger partial charge on any atom is -0.378 e. The number of amides is 1. The number of hydrogen-bond donors (Lipinski definition) is 0. The van der Waals surface area contributed by atoms with Crippen molar-refractivity contribution in [3.63, 3.8) is 0 Å². The molecule has 4 rings (SSSR count). The topological polar surface area (TPSA) is 45.7 Å². The maximum atomic E-state index is 14.0. The summed E-state index contributed by atoms with van der Waals surface area (Å²) in [6.07, 6.45) is 2.62. The van der Waals surface area contributed by atoms with Gasteiger partial charge in [0.05, 0.1) is 19.8 Å². The largest absolute Gasteiger partial charge is 0.378 e. The lowest BCUT2D eigenvalue weighted by molar-refractivity contribution is -0.136. The summed E-state index contributed by atoms with van der Waals surface area (Å²) in [5.41, 5.74) is 2.59. The smallest absolute Gasteiger partial charge is 0.236 e. The first-order valence-corrected chi connectivity index (χ1v) is 10.5. The molecular formula is C23H28FN3O2. The van der Waals surface area contributed by atoms with E-state index in [2.05, 4.69) is 11.0 Å². The van der Waals surface area contributed by atoms with Crippen molar-refractivity contribution in [1.29, 1.82) is 0 Å². The Labute approximate surface area is 171 Å². The Bertz CT molecular complexity index is 838. The zero-order valence-corrected chi connectivity index (χ0v) is 16.7. The summed E-state index contributed by atoms with van der Waals surface area (Å²) in [5.74, 6) is 0.308. The normalized spacial score (nSPS) is 20.6. The molecule has 5 nitrogen and oxygen atoms in total. The molecule has 6 heteroatoms. The van der Waals surface area contributed by atoms with E-state index in [9.17, 15) is 9.18 Å². The van der Waals surface area contributed by atoms with Gasteiger partial charge >= 0.3 is 0 Å². The van der Waals surface area contributed by atoms with Gasteiger partial charge in [0.15, 0.2) is 0 Å². The number of halogens is 1. The Morgan fingerprint density at radius 1 is 1.10 bits per heavy atom. The van der Waals surface area contributed by atoms with Crippen molar-refractivity contribution in [1.82, 2.24) is 14.8 Å². The van der Waals surface area contributed by atoms with Crippen LogP contribution in [0, 0.1) is 5.82 Å². The highest BCUT2D eigenvalue weighted by Crippen LogP contribution is 2.26. The van der Waals surface area contributed by atoms with Gasteiger partial charge in [-0.1, -0.05) is 24.3 Å². The molecule has 0 spiro atoms. The highest BCUT2D eigenvalue weighted by molar-refractivity contribution is 5.78. The van der Waals surface area contributed by atoms with Gasteiger partial charge in [-0.15, -0.1) is 0 Å². The second-order valence-electron chi connectivity index (χ2n) is 7.89. The van der Waals surface area contributed by atoms with E-state index in [4.69, 9.17) is 9.72 Å². The van der Waals surface area contributed by atoms with Crippen LogP contribution >= 0.6 is 0 Å². The summed E-state index contributed by atoms with van der Waals surface area (Å²) >= 11 is 0. The number of likely N-dealkylation sites (tertiary alicyclic amines) is 1. The minimum absolute atomic E-state index is 0.190. The first-order valence-electron chi connectivity index (χ1n) is 10.5. The fourth-order valence-corrected chi connectivity index (χ4v) is 4.21. The number of pyridine rings is 1. The number of ether oxygens (including phenoxy) is 1. The molecule has 2 saturated heterocycles. The van der Waals surface area contributed by atoms with Gasteiger partial charge in [0.1, 0.15) is 5.82 Å². The molecule has 2 aliphatic rings. The molecule has 1 atom stereocenters. The lowest BCUT2D eigenvalue weighted by atomic mass is 9.94. The molecule has 1 amide bonds. The van der Waals surface area contributed by atoms with Crippen molar-refractivity contribution in [3.8, 4) is 0 Å². The average Bonchev–Trinajstić information content (AvgIpc) is 2.76. The monoisotopic (exact) mass is 397 g/mol. The number of hydrogen-bond acceptors (Lipinski definition) is 4. The van der Waals surface area contributed by atoms with Gasteiger partial charge in [0.25, 0.3) is 0 Å². The number of aromatic nitrogens is 1. The fourth-order valence-electron chi connectivity index (χ4n) is 4.21. The van der Waals surface area contributed by atoms with E-state index in [0.717, 1.165) is 37.3 Å². The molecule has 0 saturated carbocycles. The average molecular weight is 397 g/mol. The predicted octanol–water partition coefficient (Wildman–Crippen LogP) is 2.85. The zero-order valence-electron chi connectivity index (χ0n) is 16.7. The van der Waals surface area contributed by atoms with Crippen LogP contribution in [0.1, 0.15) is 35.7 Å². The summed E-state index contributed by atoms with van der Waals surface area (Å²) < 4.78 is 19.3. The third-order valence-corrected chi connectivity index (χ3v) is 5.80. The van der Waals surface area contributed by atoms with Crippen LogP contribution < -0.4 is 0 Å². The van der Waals surface area contributed by atoms with E-state index in [1.165, 1.54) is 6.07 Å². The number of benzene rings is 1. The van der Waals surface area contributed by atoms with Crippen molar-refractivity contribution >= 4 is 5.91 Å². The molecule has 0 unspecified atom stereocenters. The van der Waals surface area contributed by atoms with Crippen LogP contribution in [0.5, 0.6) is 0 Å². The van der Waals surface area contributed by atoms with Crippen LogP contribution in [0.15, 0.2) is 42.5 Å². The van der Waals surface area contributed by atoms with Gasteiger partial charge in [-0.3, -0.25) is 14.7 Å². The molecule has 2 fully saturated rings. The second-order valence-corrected chi connectivity index (χ2v) is 7.89. The third kappa shape index (κ3) is 5.19. The van der Waals surface area contributed by atoms with Gasteiger partial charge in [-0.25, -0.2) is 4.39 Å². The Morgan fingerprint density at radius 2 is 1.93 bits per heavy atom. The molecule has 2 aromatic rings. The second kappa shape index (κ2) is 9.46. The van der Waals surface area contributed by atoms with Crippen molar-refractivity contribution in [3.05, 3.63) is 65.2 Å². The number of rotatable bonds is 5. The molecule has 29 heavy (non-hydrogen) atoms. The van der Waals surface area contributed by atoms with Gasteiger partial charge in [-0.2, -0.15) is 0 Å². The molecule has 154 valence electrons. The van der Waals surface area contributed by atoms with Crippen molar-refractivity contribution < 1.29 is 13.9 Å². The van der Waals surface area contributed by atoms with Crippen LogP contribution in [0.3, 0.4) is 0 Å². The summed E-state index contributed by atoms with van der Waals surface area (Å²) in [6.45, 7) is 4.89. The molecular weight excluding hydrogens is 369 g/mol. The fraction of sp³-hybridized carbons (Fsp3) is 0.478. The zero-order chi connectivity index (χ0) is 20.1. The van der Waals surface area contributed by atoms with Crippen LogP contribution in [0.4, 0.5) is 4.39 Å². The quantitative estimate of drug-likeness (QED) is 0.778.